The maximum Gasteiger partial charge on any atom is 0.269 e. The van der Waals surface area contributed by atoms with Crippen LogP contribution in [0.15, 0.2) is 24.3 Å². The molecule has 1 aliphatic rings. The molecule has 0 heterocycles. The van der Waals surface area contributed by atoms with Gasteiger partial charge in [-0.1, -0.05) is 43.7 Å². The largest absolute Gasteiger partial charge is 0.302 e. The number of benzene rings is 1. The van der Waals surface area contributed by atoms with E-state index in [-0.39, 0.29) is 16.9 Å². The summed E-state index contributed by atoms with van der Waals surface area (Å²) in [5.74, 6) is 0.167. The molecule has 0 aliphatic heterocycles. The van der Waals surface area contributed by atoms with Gasteiger partial charge in [-0.3, -0.25) is 20.4 Å². The first-order valence-electron chi connectivity index (χ1n) is 8.20. The SMILES string of the molecule is O=C(CCC1CCCCC1)NC(=S)NNC(=O)c1ccc(Cl)cc1. The van der Waals surface area contributed by atoms with Crippen molar-refractivity contribution in [1.29, 1.82) is 0 Å². The lowest BCUT2D eigenvalue weighted by Gasteiger charge is -2.21. The molecule has 0 aromatic heterocycles. The fourth-order valence-corrected chi connectivity index (χ4v) is 3.11. The van der Waals surface area contributed by atoms with Crippen molar-refractivity contribution < 1.29 is 9.59 Å². The van der Waals surface area contributed by atoms with Gasteiger partial charge in [-0.15, -0.1) is 0 Å². The normalized spacial score (nSPS) is 14.7. The van der Waals surface area contributed by atoms with E-state index in [0.717, 1.165) is 6.42 Å². The molecule has 2 amide bonds. The lowest BCUT2D eigenvalue weighted by atomic mass is 9.86. The van der Waals surface area contributed by atoms with E-state index in [4.69, 9.17) is 23.8 Å². The molecule has 24 heavy (non-hydrogen) atoms. The first-order chi connectivity index (χ1) is 11.5. The minimum absolute atomic E-state index is 0.0888. The maximum absolute atomic E-state index is 11.9. The zero-order valence-electron chi connectivity index (χ0n) is 13.4. The highest BCUT2D eigenvalue weighted by atomic mass is 35.5. The minimum atomic E-state index is -0.356. The molecule has 0 radical (unpaired) electrons. The molecular weight excluding hydrogens is 346 g/mol. The predicted octanol–water partition coefficient (Wildman–Crippen LogP) is 3.34. The summed E-state index contributed by atoms with van der Waals surface area (Å²) < 4.78 is 0. The highest BCUT2D eigenvalue weighted by molar-refractivity contribution is 7.80. The average molecular weight is 368 g/mol. The van der Waals surface area contributed by atoms with Gasteiger partial charge >= 0.3 is 0 Å². The third kappa shape index (κ3) is 6.45. The number of amides is 2. The lowest BCUT2D eigenvalue weighted by Crippen LogP contribution is -2.48. The molecule has 3 N–H and O–H groups in total. The van der Waals surface area contributed by atoms with Crippen LogP contribution < -0.4 is 16.2 Å². The molecule has 2 rings (SSSR count). The zero-order valence-corrected chi connectivity index (χ0v) is 15.0. The summed E-state index contributed by atoms with van der Waals surface area (Å²) in [6.45, 7) is 0. The summed E-state index contributed by atoms with van der Waals surface area (Å²) in [4.78, 5) is 23.8. The summed E-state index contributed by atoms with van der Waals surface area (Å²) in [5, 5.41) is 3.23. The second kappa shape index (κ2) is 9.59. The molecule has 1 fully saturated rings. The molecular formula is C17H22ClN3O2S. The number of thiocarbonyl (C=S) groups is 1. The molecule has 1 aromatic rings. The van der Waals surface area contributed by atoms with Gasteiger partial charge in [0.1, 0.15) is 0 Å². The highest BCUT2D eigenvalue weighted by Gasteiger charge is 2.15. The predicted molar refractivity (Wildman–Crippen MR) is 98.6 cm³/mol. The third-order valence-corrected chi connectivity index (χ3v) is 4.61. The van der Waals surface area contributed by atoms with E-state index in [9.17, 15) is 9.59 Å². The van der Waals surface area contributed by atoms with Crippen molar-refractivity contribution in [3.63, 3.8) is 0 Å². The molecule has 0 atom stereocenters. The molecule has 0 unspecified atom stereocenters. The Morgan fingerprint density at radius 3 is 2.42 bits per heavy atom. The molecule has 0 bridgehead atoms. The van der Waals surface area contributed by atoms with Crippen LogP contribution in [0.4, 0.5) is 0 Å². The van der Waals surface area contributed by atoms with Crippen LogP contribution >= 0.6 is 23.8 Å². The standard InChI is InChI=1S/C17H22ClN3O2S/c18-14-9-7-13(8-10-14)16(23)20-21-17(24)19-15(22)11-6-12-4-2-1-3-5-12/h7-10,12H,1-6,11H2,(H,20,23)(H2,19,21,22,24). The summed E-state index contributed by atoms with van der Waals surface area (Å²) >= 11 is 10.8. The molecule has 0 saturated heterocycles. The van der Waals surface area contributed by atoms with E-state index in [0.29, 0.717) is 22.9 Å². The van der Waals surface area contributed by atoms with Crippen molar-refractivity contribution in [1.82, 2.24) is 16.2 Å². The van der Waals surface area contributed by atoms with E-state index >= 15 is 0 Å². The van der Waals surface area contributed by atoms with Crippen molar-refractivity contribution in [2.45, 2.75) is 44.9 Å². The highest BCUT2D eigenvalue weighted by Crippen LogP contribution is 2.27. The van der Waals surface area contributed by atoms with Gasteiger partial charge in [-0.2, -0.15) is 0 Å². The zero-order chi connectivity index (χ0) is 17.4. The monoisotopic (exact) mass is 367 g/mol. The second-order valence-corrected chi connectivity index (χ2v) is 6.85. The van der Waals surface area contributed by atoms with Crippen LogP contribution in [0.2, 0.25) is 5.02 Å². The smallest absolute Gasteiger partial charge is 0.269 e. The Morgan fingerprint density at radius 2 is 1.75 bits per heavy atom. The van der Waals surface area contributed by atoms with E-state index in [2.05, 4.69) is 16.2 Å². The van der Waals surface area contributed by atoms with Crippen molar-refractivity contribution in [2.24, 2.45) is 5.92 Å². The van der Waals surface area contributed by atoms with Crippen LogP contribution in [0.25, 0.3) is 0 Å². The Hall–Kier alpha value is -1.66. The van der Waals surface area contributed by atoms with Gasteiger partial charge < -0.3 is 5.32 Å². The van der Waals surface area contributed by atoms with Gasteiger partial charge in [-0.05, 0) is 48.8 Å². The van der Waals surface area contributed by atoms with Crippen LogP contribution in [0.5, 0.6) is 0 Å². The van der Waals surface area contributed by atoms with Crippen molar-refractivity contribution in [3.05, 3.63) is 34.9 Å². The number of halogens is 1. The molecule has 7 heteroatoms. The molecule has 1 aliphatic carbocycles. The quantitative estimate of drug-likeness (QED) is 0.564. The van der Waals surface area contributed by atoms with E-state index in [1.807, 2.05) is 0 Å². The second-order valence-electron chi connectivity index (χ2n) is 6.01. The Kier molecular flexibility index (Phi) is 7.46. The Bertz CT molecular complexity index is 586. The number of carbonyl (C=O) groups is 2. The number of nitrogens with one attached hydrogen (secondary N) is 3. The van der Waals surface area contributed by atoms with Crippen LogP contribution in [-0.4, -0.2) is 16.9 Å². The first-order valence-corrected chi connectivity index (χ1v) is 8.99. The van der Waals surface area contributed by atoms with Crippen molar-refractivity contribution >= 4 is 40.7 Å². The maximum atomic E-state index is 11.9. The summed E-state index contributed by atoms with van der Waals surface area (Å²) in [6, 6.07) is 6.46. The number of carbonyl (C=O) groups excluding carboxylic acids is 2. The summed E-state index contributed by atoms with van der Waals surface area (Å²) in [5.41, 5.74) is 5.42. The van der Waals surface area contributed by atoms with E-state index in [1.165, 1.54) is 32.1 Å². The Balaban J connectivity index is 1.65. The van der Waals surface area contributed by atoms with Gasteiger partial charge in [-0.25, -0.2) is 0 Å². The number of hydrogen-bond acceptors (Lipinski definition) is 3. The van der Waals surface area contributed by atoms with Crippen LogP contribution in [-0.2, 0) is 4.79 Å². The van der Waals surface area contributed by atoms with Crippen LogP contribution in [0, 0.1) is 5.92 Å². The third-order valence-electron chi connectivity index (χ3n) is 4.15. The van der Waals surface area contributed by atoms with Crippen molar-refractivity contribution in [3.8, 4) is 0 Å². The molecule has 0 spiro atoms. The van der Waals surface area contributed by atoms with E-state index < -0.39 is 0 Å². The van der Waals surface area contributed by atoms with Gasteiger partial charge in [0.15, 0.2) is 5.11 Å². The molecule has 130 valence electrons. The Morgan fingerprint density at radius 1 is 1.08 bits per heavy atom. The fourth-order valence-electron chi connectivity index (χ4n) is 2.82. The molecule has 1 aromatic carbocycles. The molecule has 5 nitrogen and oxygen atoms in total. The van der Waals surface area contributed by atoms with Gasteiger partial charge in [0.2, 0.25) is 5.91 Å². The minimum Gasteiger partial charge on any atom is -0.302 e. The van der Waals surface area contributed by atoms with Gasteiger partial charge in [0, 0.05) is 17.0 Å². The van der Waals surface area contributed by atoms with Crippen LogP contribution in [0.1, 0.15) is 55.3 Å². The molecule has 1 saturated carbocycles. The summed E-state index contributed by atoms with van der Waals surface area (Å²) in [6.07, 6.45) is 7.62. The lowest BCUT2D eigenvalue weighted by molar-refractivity contribution is -0.120. The summed E-state index contributed by atoms with van der Waals surface area (Å²) in [7, 11) is 0. The topological polar surface area (TPSA) is 70.2 Å². The number of rotatable bonds is 4. The fraction of sp³-hybridized carbons (Fsp3) is 0.471. The van der Waals surface area contributed by atoms with Crippen molar-refractivity contribution in [2.75, 3.05) is 0 Å². The van der Waals surface area contributed by atoms with Crippen LogP contribution in [0.3, 0.4) is 0 Å². The van der Waals surface area contributed by atoms with E-state index in [1.54, 1.807) is 24.3 Å². The van der Waals surface area contributed by atoms with Gasteiger partial charge in [0.25, 0.3) is 5.91 Å². The first kappa shape index (κ1) is 18.7. The Labute approximate surface area is 152 Å². The number of hydrazine groups is 1. The van der Waals surface area contributed by atoms with Gasteiger partial charge in [0.05, 0.1) is 0 Å². The number of hydrogen-bond donors (Lipinski definition) is 3. The average Bonchev–Trinajstić information content (AvgIpc) is 2.59.